The fraction of sp³-hybridized carbons (Fsp3) is 0.462. The zero-order valence-corrected chi connectivity index (χ0v) is 11.2. The third-order valence-electron chi connectivity index (χ3n) is 2.80. The topological polar surface area (TPSA) is 63.8 Å². The van der Waals surface area contributed by atoms with Crippen LogP contribution < -0.4 is 0 Å². The van der Waals surface area contributed by atoms with Gasteiger partial charge in [0, 0.05) is 5.41 Å². The van der Waals surface area contributed by atoms with Gasteiger partial charge in [-0.15, -0.1) is 5.10 Å². The summed E-state index contributed by atoms with van der Waals surface area (Å²) in [4.78, 5) is 0. The van der Waals surface area contributed by atoms with E-state index in [-0.39, 0.29) is 17.8 Å². The highest BCUT2D eigenvalue weighted by Gasteiger charge is 2.23. The number of hydrogen-bond donors (Lipinski definition) is 1. The first-order valence-corrected chi connectivity index (χ1v) is 6.08. The quantitative estimate of drug-likeness (QED) is 0.918. The fourth-order valence-electron chi connectivity index (χ4n) is 1.82. The van der Waals surface area contributed by atoms with Gasteiger partial charge in [-0.1, -0.05) is 32.9 Å². The Morgan fingerprint density at radius 3 is 2.47 bits per heavy atom. The molecule has 0 aliphatic heterocycles. The summed E-state index contributed by atoms with van der Waals surface area (Å²) in [6, 6.07) is 5.76. The minimum atomic E-state index is -0.773. The molecule has 1 aromatic carbocycles. The maximum atomic E-state index is 12.8. The third-order valence-corrected chi connectivity index (χ3v) is 2.80. The van der Waals surface area contributed by atoms with Gasteiger partial charge in [-0.25, -0.2) is 9.07 Å². The molecule has 0 fully saturated rings. The second kappa shape index (κ2) is 5.05. The summed E-state index contributed by atoms with van der Waals surface area (Å²) in [7, 11) is 0. The summed E-state index contributed by atoms with van der Waals surface area (Å²) in [5.74, 6) is 0.377. The van der Waals surface area contributed by atoms with Crippen LogP contribution >= 0.6 is 0 Å². The van der Waals surface area contributed by atoms with Crippen LogP contribution in [-0.4, -0.2) is 25.3 Å². The van der Waals surface area contributed by atoms with E-state index < -0.39 is 6.10 Å². The Labute approximate surface area is 111 Å². The molecule has 19 heavy (non-hydrogen) atoms. The van der Waals surface area contributed by atoms with E-state index in [0.29, 0.717) is 11.4 Å². The number of aromatic nitrogens is 4. The van der Waals surface area contributed by atoms with Crippen molar-refractivity contribution in [2.24, 2.45) is 0 Å². The van der Waals surface area contributed by atoms with Crippen molar-refractivity contribution in [1.29, 1.82) is 0 Å². The molecule has 0 spiro atoms. The molecule has 0 amide bonds. The molecular formula is C13H17FN4O. The number of aliphatic hydroxyl groups is 1. The van der Waals surface area contributed by atoms with Crippen molar-refractivity contribution >= 4 is 0 Å². The highest BCUT2D eigenvalue weighted by atomic mass is 19.1. The number of benzene rings is 1. The van der Waals surface area contributed by atoms with Crippen molar-refractivity contribution in [3.63, 3.8) is 0 Å². The predicted octanol–water partition coefficient (Wildman–Crippen LogP) is 1.84. The second-order valence-corrected chi connectivity index (χ2v) is 5.50. The Kier molecular flexibility index (Phi) is 3.61. The van der Waals surface area contributed by atoms with Gasteiger partial charge in [0.15, 0.2) is 5.82 Å². The smallest absolute Gasteiger partial charge is 0.156 e. The highest BCUT2D eigenvalue weighted by Crippen LogP contribution is 2.21. The second-order valence-electron chi connectivity index (χ2n) is 5.50. The molecule has 102 valence electrons. The maximum absolute atomic E-state index is 12.8. The van der Waals surface area contributed by atoms with Crippen LogP contribution in [0, 0.1) is 5.82 Å². The molecular weight excluding hydrogens is 247 g/mol. The molecule has 0 unspecified atom stereocenters. The van der Waals surface area contributed by atoms with E-state index in [0.717, 1.165) is 0 Å². The molecule has 0 aliphatic rings. The Balaban J connectivity index is 2.18. The molecule has 0 saturated carbocycles. The number of rotatable bonds is 3. The zero-order valence-electron chi connectivity index (χ0n) is 11.2. The van der Waals surface area contributed by atoms with E-state index >= 15 is 0 Å². The molecule has 5 nitrogen and oxygen atoms in total. The molecule has 0 radical (unpaired) electrons. The lowest BCUT2D eigenvalue weighted by Crippen LogP contribution is -2.22. The maximum Gasteiger partial charge on any atom is 0.156 e. The molecule has 1 aromatic heterocycles. The Morgan fingerprint density at radius 1 is 1.26 bits per heavy atom. The van der Waals surface area contributed by atoms with Gasteiger partial charge in [0.25, 0.3) is 0 Å². The summed E-state index contributed by atoms with van der Waals surface area (Å²) < 4.78 is 14.4. The fourth-order valence-corrected chi connectivity index (χ4v) is 1.82. The van der Waals surface area contributed by atoms with E-state index in [1.807, 2.05) is 20.8 Å². The number of nitrogens with zero attached hydrogens (tertiary/aromatic N) is 4. The summed E-state index contributed by atoms with van der Waals surface area (Å²) in [6.45, 7) is 6.24. The Hall–Kier alpha value is -1.82. The van der Waals surface area contributed by atoms with Gasteiger partial charge in [-0.3, -0.25) is 0 Å². The van der Waals surface area contributed by atoms with Crippen LogP contribution in [0.4, 0.5) is 4.39 Å². The first-order chi connectivity index (χ1) is 8.88. The van der Waals surface area contributed by atoms with Crippen molar-refractivity contribution < 1.29 is 9.50 Å². The predicted molar refractivity (Wildman–Crippen MR) is 67.9 cm³/mol. The van der Waals surface area contributed by atoms with Crippen molar-refractivity contribution in [2.45, 2.75) is 38.8 Å². The average Bonchev–Trinajstić information content (AvgIpc) is 2.77. The van der Waals surface area contributed by atoms with E-state index in [1.54, 1.807) is 16.8 Å². The van der Waals surface area contributed by atoms with Crippen LogP contribution in [0.25, 0.3) is 0 Å². The SMILES string of the molecule is CC(C)(C)c1nnnn1C[C@H](O)c1ccc(F)cc1. The molecule has 1 N–H and O–H groups in total. The molecule has 1 heterocycles. The van der Waals surface area contributed by atoms with Crippen LogP contribution in [0.1, 0.15) is 38.3 Å². The van der Waals surface area contributed by atoms with Crippen molar-refractivity contribution in [3.05, 3.63) is 41.5 Å². The van der Waals surface area contributed by atoms with Crippen LogP contribution in [0.15, 0.2) is 24.3 Å². The Morgan fingerprint density at radius 2 is 1.89 bits per heavy atom. The normalized spacial score (nSPS) is 13.5. The number of tetrazole rings is 1. The van der Waals surface area contributed by atoms with E-state index in [4.69, 9.17) is 0 Å². The zero-order chi connectivity index (χ0) is 14.0. The van der Waals surface area contributed by atoms with Gasteiger partial charge in [-0.2, -0.15) is 0 Å². The largest absolute Gasteiger partial charge is 0.386 e. The van der Waals surface area contributed by atoms with Gasteiger partial charge in [0.05, 0.1) is 12.6 Å². The van der Waals surface area contributed by atoms with Crippen LogP contribution in [0.5, 0.6) is 0 Å². The minimum Gasteiger partial charge on any atom is -0.386 e. The first kappa shape index (κ1) is 13.6. The van der Waals surface area contributed by atoms with Gasteiger partial charge < -0.3 is 5.11 Å². The highest BCUT2D eigenvalue weighted by molar-refractivity contribution is 5.18. The van der Waals surface area contributed by atoms with Gasteiger partial charge >= 0.3 is 0 Å². The third kappa shape index (κ3) is 3.14. The molecule has 0 bridgehead atoms. The number of hydrogen-bond acceptors (Lipinski definition) is 4. The molecule has 0 aliphatic carbocycles. The van der Waals surface area contributed by atoms with Gasteiger partial charge in [0.1, 0.15) is 5.82 Å². The summed E-state index contributed by atoms with van der Waals surface area (Å²) >= 11 is 0. The van der Waals surface area contributed by atoms with Crippen LogP contribution in [0.2, 0.25) is 0 Å². The van der Waals surface area contributed by atoms with Crippen LogP contribution in [0.3, 0.4) is 0 Å². The van der Waals surface area contributed by atoms with E-state index in [2.05, 4.69) is 15.5 Å². The lowest BCUT2D eigenvalue weighted by molar-refractivity contribution is 0.147. The van der Waals surface area contributed by atoms with Crippen molar-refractivity contribution in [3.8, 4) is 0 Å². The molecule has 2 aromatic rings. The standard InChI is InChI=1S/C13H17FN4O/c1-13(2,3)12-15-16-17-18(12)8-11(19)9-4-6-10(14)7-5-9/h4-7,11,19H,8H2,1-3H3/t11-/m0/s1. The first-order valence-electron chi connectivity index (χ1n) is 6.08. The van der Waals surface area contributed by atoms with Crippen molar-refractivity contribution in [1.82, 2.24) is 20.2 Å². The average molecular weight is 264 g/mol. The summed E-state index contributed by atoms with van der Waals surface area (Å²) in [5, 5.41) is 21.6. The lowest BCUT2D eigenvalue weighted by atomic mass is 9.95. The number of halogens is 1. The Bertz CT molecular complexity index is 545. The van der Waals surface area contributed by atoms with Gasteiger partial charge in [-0.05, 0) is 28.1 Å². The van der Waals surface area contributed by atoms with E-state index in [9.17, 15) is 9.50 Å². The summed E-state index contributed by atoms with van der Waals surface area (Å²) in [5.41, 5.74) is 0.434. The molecule has 6 heteroatoms. The minimum absolute atomic E-state index is 0.202. The molecule has 2 rings (SSSR count). The lowest BCUT2D eigenvalue weighted by Gasteiger charge is -2.19. The molecule has 0 saturated heterocycles. The van der Waals surface area contributed by atoms with Crippen LogP contribution in [-0.2, 0) is 12.0 Å². The van der Waals surface area contributed by atoms with Crippen molar-refractivity contribution in [2.75, 3.05) is 0 Å². The van der Waals surface area contributed by atoms with E-state index in [1.165, 1.54) is 12.1 Å². The monoisotopic (exact) mass is 264 g/mol. The number of aliphatic hydroxyl groups excluding tert-OH is 1. The van der Waals surface area contributed by atoms with Gasteiger partial charge in [0.2, 0.25) is 0 Å². The summed E-state index contributed by atoms with van der Waals surface area (Å²) in [6.07, 6.45) is -0.773. The molecule has 1 atom stereocenters.